The van der Waals surface area contributed by atoms with Gasteiger partial charge in [-0.1, -0.05) is 86.5 Å². The Labute approximate surface area is 196 Å². The lowest BCUT2D eigenvalue weighted by Gasteiger charge is -2.33. The molecule has 1 aliphatic rings. The molecule has 3 aromatic rings. The highest BCUT2D eigenvalue weighted by atomic mass is 79.9. The zero-order chi connectivity index (χ0) is 22.2. The van der Waals surface area contributed by atoms with E-state index in [0.29, 0.717) is 28.0 Å². The van der Waals surface area contributed by atoms with Crippen LogP contribution in [0, 0.1) is 0 Å². The van der Waals surface area contributed by atoms with Gasteiger partial charge >= 0.3 is 0 Å². The Hall–Kier alpha value is -2.57. The van der Waals surface area contributed by atoms with Crippen LogP contribution in [0.25, 0.3) is 0 Å². The number of rotatable bonds is 6. The summed E-state index contributed by atoms with van der Waals surface area (Å²) >= 11 is 7.07. The van der Waals surface area contributed by atoms with E-state index in [9.17, 15) is 14.4 Å². The molecule has 3 aromatic carbocycles. The molecule has 0 aromatic heterocycles. The number of alkyl halides is 2. The number of fused-ring (bicyclic) bond motifs is 1. The number of carbonyl (C=O) groups is 3. The highest BCUT2D eigenvalue weighted by Crippen LogP contribution is 2.49. The van der Waals surface area contributed by atoms with E-state index in [2.05, 4.69) is 31.9 Å². The zero-order valence-corrected chi connectivity index (χ0v) is 19.7. The van der Waals surface area contributed by atoms with E-state index in [-0.39, 0.29) is 17.3 Å². The number of ether oxygens (including phenoxy) is 1. The summed E-state index contributed by atoms with van der Waals surface area (Å²) in [6.07, 6.45) is 0. The molecule has 4 rings (SSSR count). The standard InChI is InChI=1S/C25H18Br2O4/c1-31-17-13-11-16(12-14-17)22(28)21(26)20(15-7-3-2-4-8-15)25(27)23(29)18-9-5-6-10-19(18)24(25)30/h2-14,20-21H,1H3/t20-,21+/m1/s1. The molecule has 1 aliphatic carbocycles. The second-order valence-electron chi connectivity index (χ2n) is 7.30. The molecule has 0 heterocycles. The number of ketones is 3. The Kier molecular flexibility index (Phi) is 5.95. The van der Waals surface area contributed by atoms with Gasteiger partial charge in [-0.25, -0.2) is 0 Å². The lowest BCUT2D eigenvalue weighted by molar-refractivity contribution is 0.0844. The van der Waals surface area contributed by atoms with Crippen LogP contribution in [-0.2, 0) is 0 Å². The van der Waals surface area contributed by atoms with E-state index in [1.165, 1.54) is 0 Å². The van der Waals surface area contributed by atoms with Crippen molar-refractivity contribution in [2.45, 2.75) is 15.1 Å². The van der Waals surface area contributed by atoms with Gasteiger partial charge in [-0.05, 0) is 29.8 Å². The quantitative estimate of drug-likeness (QED) is 0.230. The van der Waals surface area contributed by atoms with Gasteiger partial charge in [-0.15, -0.1) is 0 Å². The first-order chi connectivity index (χ1) is 14.9. The van der Waals surface area contributed by atoms with E-state index >= 15 is 0 Å². The van der Waals surface area contributed by atoms with Crippen molar-refractivity contribution in [1.82, 2.24) is 0 Å². The van der Waals surface area contributed by atoms with Crippen molar-refractivity contribution in [3.8, 4) is 5.75 Å². The molecular weight excluding hydrogens is 524 g/mol. The molecule has 2 atom stereocenters. The van der Waals surface area contributed by atoms with Crippen molar-refractivity contribution >= 4 is 49.2 Å². The predicted molar refractivity (Wildman–Crippen MR) is 126 cm³/mol. The van der Waals surface area contributed by atoms with Crippen LogP contribution >= 0.6 is 31.9 Å². The topological polar surface area (TPSA) is 60.4 Å². The molecule has 31 heavy (non-hydrogen) atoms. The van der Waals surface area contributed by atoms with Crippen LogP contribution in [-0.4, -0.2) is 33.6 Å². The Bertz CT molecular complexity index is 1120. The van der Waals surface area contributed by atoms with Crippen molar-refractivity contribution in [2.75, 3.05) is 7.11 Å². The number of methoxy groups -OCH3 is 1. The fraction of sp³-hybridized carbons (Fsp3) is 0.160. The number of carbonyl (C=O) groups excluding carboxylic acids is 3. The average molecular weight is 542 g/mol. The van der Waals surface area contributed by atoms with Crippen molar-refractivity contribution in [3.63, 3.8) is 0 Å². The molecule has 0 fully saturated rings. The molecule has 0 unspecified atom stereocenters. The van der Waals surface area contributed by atoms with Gasteiger partial charge in [0, 0.05) is 22.6 Å². The summed E-state index contributed by atoms with van der Waals surface area (Å²) in [4.78, 5) is 39.5. The first-order valence-corrected chi connectivity index (χ1v) is 11.3. The second-order valence-corrected chi connectivity index (χ2v) is 9.54. The summed E-state index contributed by atoms with van der Waals surface area (Å²) in [5.74, 6) is -1.04. The predicted octanol–water partition coefficient (Wildman–Crippen LogP) is 5.64. The van der Waals surface area contributed by atoms with Crippen LogP contribution in [0.4, 0.5) is 0 Å². The van der Waals surface area contributed by atoms with Crippen molar-refractivity contribution in [3.05, 3.63) is 101 Å². The third-order valence-corrected chi connectivity index (χ3v) is 7.74. The molecule has 0 amide bonds. The molecule has 4 nitrogen and oxygen atoms in total. The van der Waals surface area contributed by atoms with E-state index in [1.807, 2.05) is 30.3 Å². The summed E-state index contributed by atoms with van der Waals surface area (Å²) in [5.41, 5.74) is 1.89. The summed E-state index contributed by atoms with van der Waals surface area (Å²) in [5, 5.41) is 0. The fourth-order valence-corrected chi connectivity index (χ4v) is 6.26. The number of hydrogen-bond donors (Lipinski definition) is 0. The van der Waals surface area contributed by atoms with Crippen LogP contribution in [0.5, 0.6) is 5.75 Å². The lowest BCUT2D eigenvalue weighted by Crippen LogP contribution is -2.46. The first-order valence-electron chi connectivity index (χ1n) is 9.64. The Morgan fingerprint density at radius 3 is 1.87 bits per heavy atom. The van der Waals surface area contributed by atoms with Gasteiger partial charge in [0.05, 0.1) is 11.9 Å². The molecule has 0 N–H and O–H groups in total. The SMILES string of the molecule is COc1ccc(C(=O)[C@@H](Br)[C@@H](c2ccccc2)C2(Br)C(=O)c3ccccc3C2=O)cc1. The summed E-state index contributed by atoms with van der Waals surface area (Å²) < 4.78 is 3.58. The Morgan fingerprint density at radius 2 is 1.35 bits per heavy atom. The summed E-state index contributed by atoms with van der Waals surface area (Å²) in [6.45, 7) is 0. The molecule has 6 heteroatoms. The van der Waals surface area contributed by atoms with Gasteiger partial charge in [-0.3, -0.25) is 14.4 Å². The molecule has 0 saturated heterocycles. The summed E-state index contributed by atoms with van der Waals surface area (Å²) in [7, 11) is 1.55. The van der Waals surface area contributed by atoms with Crippen LogP contribution in [0.15, 0.2) is 78.9 Å². The molecule has 0 saturated carbocycles. The zero-order valence-electron chi connectivity index (χ0n) is 16.5. The van der Waals surface area contributed by atoms with Gasteiger partial charge in [-0.2, -0.15) is 0 Å². The fourth-order valence-electron chi connectivity index (χ4n) is 3.98. The smallest absolute Gasteiger partial charge is 0.188 e. The maximum absolute atomic E-state index is 13.5. The van der Waals surface area contributed by atoms with E-state index < -0.39 is 15.1 Å². The Morgan fingerprint density at radius 1 is 0.839 bits per heavy atom. The van der Waals surface area contributed by atoms with E-state index in [0.717, 1.165) is 0 Å². The largest absolute Gasteiger partial charge is 0.497 e. The first kappa shape index (κ1) is 21.7. The van der Waals surface area contributed by atoms with E-state index in [4.69, 9.17) is 4.74 Å². The maximum Gasteiger partial charge on any atom is 0.188 e. The van der Waals surface area contributed by atoms with Gasteiger partial charge in [0.1, 0.15) is 5.75 Å². The minimum Gasteiger partial charge on any atom is -0.497 e. The normalized spacial score (nSPS) is 16.5. The van der Waals surface area contributed by atoms with Crippen LogP contribution in [0.3, 0.4) is 0 Å². The number of halogens is 2. The van der Waals surface area contributed by atoms with Crippen LogP contribution < -0.4 is 4.74 Å². The molecule has 0 aliphatic heterocycles. The Balaban J connectivity index is 1.81. The van der Waals surface area contributed by atoms with Crippen LogP contribution in [0.2, 0.25) is 0 Å². The highest BCUT2D eigenvalue weighted by molar-refractivity contribution is 9.11. The van der Waals surface area contributed by atoms with Crippen molar-refractivity contribution < 1.29 is 19.1 Å². The second kappa shape index (κ2) is 8.52. The molecule has 0 radical (unpaired) electrons. The monoisotopic (exact) mass is 540 g/mol. The third-order valence-electron chi connectivity index (χ3n) is 5.58. The van der Waals surface area contributed by atoms with Gasteiger partial charge in [0.15, 0.2) is 21.7 Å². The molecular formula is C25H18Br2O4. The number of benzene rings is 3. The third kappa shape index (κ3) is 3.58. The molecule has 0 spiro atoms. The van der Waals surface area contributed by atoms with E-state index in [1.54, 1.807) is 55.6 Å². The van der Waals surface area contributed by atoms with Gasteiger partial charge in [0.25, 0.3) is 0 Å². The van der Waals surface area contributed by atoms with Crippen LogP contribution in [0.1, 0.15) is 42.6 Å². The molecule has 0 bridgehead atoms. The average Bonchev–Trinajstić information content (AvgIpc) is 3.01. The van der Waals surface area contributed by atoms with Gasteiger partial charge in [0.2, 0.25) is 0 Å². The molecule has 156 valence electrons. The number of hydrogen-bond acceptors (Lipinski definition) is 4. The van der Waals surface area contributed by atoms with Crippen molar-refractivity contribution in [1.29, 1.82) is 0 Å². The lowest BCUT2D eigenvalue weighted by atomic mass is 9.78. The highest BCUT2D eigenvalue weighted by Gasteiger charge is 2.59. The minimum atomic E-state index is -1.59. The minimum absolute atomic E-state index is 0.230. The number of Topliss-reactive ketones (excluding diaryl/α,β-unsaturated/α-hetero) is 3. The van der Waals surface area contributed by atoms with Crippen molar-refractivity contribution in [2.24, 2.45) is 0 Å². The summed E-state index contributed by atoms with van der Waals surface area (Å²) in [6, 6.07) is 22.7. The maximum atomic E-state index is 13.5. The van der Waals surface area contributed by atoms with Gasteiger partial charge < -0.3 is 4.74 Å².